The molecule has 1 aliphatic rings. The number of hydrogen-bond acceptors (Lipinski definition) is 7. The molecule has 0 saturated heterocycles. The first kappa shape index (κ1) is 23.2. The second kappa shape index (κ2) is 8.57. The fraction of sp³-hybridized carbons (Fsp3) is 0.423. The third-order valence-electron chi connectivity index (χ3n) is 6.38. The summed E-state index contributed by atoms with van der Waals surface area (Å²) in [5.41, 5.74) is 4.64. The molecule has 35 heavy (non-hydrogen) atoms. The molecule has 1 N–H and O–H groups in total. The molecule has 4 aromatic rings. The van der Waals surface area contributed by atoms with E-state index in [0.29, 0.717) is 22.9 Å². The lowest BCUT2D eigenvalue weighted by molar-refractivity contribution is 0.313. The van der Waals surface area contributed by atoms with Crippen LogP contribution in [-0.4, -0.2) is 47.8 Å². The molecule has 9 nitrogen and oxygen atoms in total. The Kier molecular flexibility index (Phi) is 5.67. The molecule has 0 saturated carbocycles. The molecule has 0 radical (unpaired) electrons. The number of nitrogens with one attached hydrogen (secondary N) is 1. The largest absolute Gasteiger partial charge is 0.324 e. The molecule has 0 amide bonds. The van der Waals surface area contributed by atoms with E-state index in [0.717, 1.165) is 30.9 Å². The first-order valence-corrected chi connectivity index (χ1v) is 12.0. The maximum Gasteiger partial charge on any atom is 0.278 e. The number of aromatic nitrogens is 6. The molecule has 0 unspecified atom stereocenters. The number of likely N-dealkylation sites (N-methyl/N-ethyl adjacent to an activating group) is 1. The van der Waals surface area contributed by atoms with E-state index >= 15 is 0 Å². The zero-order valence-electron chi connectivity index (χ0n) is 21.2. The van der Waals surface area contributed by atoms with E-state index in [-0.39, 0.29) is 17.0 Å². The number of anilines is 2. The van der Waals surface area contributed by atoms with Crippen LogP contribution in [0, 0.1) is 0 Å². The fourth-order valence-corrected chi connectivity index (χ4v) is 4.49. The Hall–Kier alpha value is -3.59. The predicted molar refractivity (Wildman–Crippen MR) is 138 cm³/mol. The molecular weight excluding hydrogens is 440 g/mol. The molecule has 4 heterocycles. The van der Waals surface area contributed by atoms with Crippen molar-refractivity contribution in [2.45, 2.75) is 59.0 Å². The number of nitrogens with zero attached hydrogens (tertiary/aromatic N) is 7. The van der Waals surface area contributed by atoms with Gasteiger partial charge in [0.15, 0.2) is 5.65 Å². The third kappa shape index (κ3) is 4.32. The maximum atomic E-state index is 13.3. The Bertz CT molecular complexity index is 1460. The summed E-state index contributed by atoms with van der Waals surface area (Å²) in [6.07, 6.45) is 4.37. The van der Waals surface area contributed by atoms with Crippen LogP contribution in [0.1, 0.15) is 57.5 Å². The van der Waals surface area contributed by atoms with Crippen molar-refractivity contribution in [3.05, 3.63) is 63.8 Å². The molecule has 9 heteroatoms. The van der Waals surface area contributed by atoms with Crippen LogP contribution in [0.5, 0.6) is 0 Å². The first-order chi connectivity index (χ1) is 16.6. The van der Waals surface area contributed by atoms with E-state index in [1.807, 2.05) is 19.9 Å². The standard InChI is InChI=1S/C26H32N8O/c1-16(2)33-23(35)20-14-28-24(29-19-8-7-17-10-12-32(6)15-18(17)13-19)31-22(20)34(33)25-27-11-9-21(30-25)26(3,4)5/h7-9,11,13-14,16H,10,12,15H2,1-6H3,(H,28,29,31). The van der Waals surface area contributed by atoms with Gasteiger partial charge in [0.05, 0.1) is 5.69 Å². The van der Waals surface area contributed by atoms with Crippen molar-refractivity contribution in [2.24, 2.45) is 0 Å². The molecular formula is C26H32N8O. The number of hydrogen-bond donors (Lipinski definition) is 1. The molecule has 182 valence electrons. The lowest BCUT2D eigenvalue weighted by atomic mass is 9.92. The Morgan fingerprint density at radius 3 is 2.60 bits per heavy atom. The van der Waals surface area contributed by atoms with Gasteiger partial charge in [-0.1, -0.05) is 26.8 Å². The molecule has 0 atom stereocenters. The highest BCUT2D eigenvalue weighted by atomic mass is 16.1. The number of fused-ring (bicyclic) bond motifs is 2. The highest BCUT2D eigenvalue weighted by Gasteiger charge is 2.23. The fourth-order valence-electron chi connectivity index (χ4n) is 4.49. The summed E-state index contributed by atoms with van der Waals surface area (Å²) >= 11 is 0. The van der Waals surface area contributed by atoms with Crippen molar-refractivity contribution in [1.29, 1.82) is 0 Å². The van der Waals surface area contributed by atoms with Crippen molar-refractivity contribution in [2.75, 3.05) is 18.9 Å². The van der Waals surface area contributed by atoms with Gasteiger partial charge in [0, 0.05) is 42.6 Å². The smallest absolute Gasteiger partial charge is 0.278 e. The summed E-state index contributed by atoms with van der Waals surface area (Å²) in [7, 11) is 2.13. The van der Waals surface area contributed by atoms with Crippen LogP contribution in [0.25, 0.3) is 17.0 Å². The van der Waals surface area contributed by atoms with E-state index < -0.39 is 0 Å². The topological polar surface area (TPSA) is 93.8 Å². The zero-order chi connectivity index (χ0) is 24.9. The average Bonchev–Trinajstić information content (AvgIpc) is 3.10. The van der Waals surface area contributed by atoms with Gasteiger partial charge in [0.2, 0.25) is 5.95 Å². The molecule has 0 aliphatic carbocycles. The van der Waals surface area contributed by atoms with Crippen molar-refractivity contribution < 1.29 is 0 Å². The van der Waals surface area contributed by atoms with Crippen LogP contribution in [0.4, 0.5) is 11.6 Å². The molecule has 5 rings (SSSR count). The van der Waals surface area contributed by atoms with Gasteiger partial charge >= 0.3 is 0 Å². The highest BCUT2D eigenvalue weighted by molar-refractivity contribution is 5.76. The lowest BCUT2D eigenvalue weighted by Crippen LogP contribution is -2.26. The van der Waals surface area contributed by atoms with Gasteiger partial charge in [-0.05, 0) is 56.6 Å². The molecule has 0 bridgehead atoms. The second-order valence-electron chi connectivity index (χ2n) is 10.6. The molecule has 3 aromatic heterocycles. The van der Waals surface area contributed by atoms with Gasteiger partial charge in [0.25, 0.3) is 11.5 Å². The third-order valence-corrected chi connectivity index (χ3v) is 6.38. The van der Waals surface area contributed by atoms with Gasteiger partial charge in [-0.25, -0.2) is 19.6 Å². The molecule has 0 spiro atoms. The van der Waals surface area contributed by atoms with E-state index in [1.165, 1.54) is 11.1 Å². The first-order valence-electron chi connectivity index (χ1n) is 12.0. The normalized spacial score (nSPS) is 14.5. The molecule has 0 fully saturated rings. The SMILES string of the molecule is CC(C)n1c(=O)c2cnc(Nc3ccc4c(c3)CN(C)CC4)nc2n1-c1nccc(C(C)(C)C)n1. The predicted octanol–water partition coefficient (Wildman–Crippen LogP) is 3.98. The van der Waals surface area contributed by atoms with Crippen molar-refractivity contribution in [3.63, 3.8) is 0 Å². The van der Waals surface area contributed by atoms with Gasteiger partial charge in [-0.3, -0.25) is 4.79 Å². The summed E-state index contributed by atoms with van der Waals surface area (Å²) < 4.78 is 3.35. The van der Waals surface area contributed by atoms with Crippen LogP contribution in [0.2, 0.25) is 0 Å². The Morgan fingerprint density at radius 1 is 1.06 bits per heavy atom. The number of benzene rings is 1. The van der Waals surface area contributed by atoms with Gasteiger partial charge in [-0.2, -0.15) is 9.67 Å². The van der Waals surface area contributed by atoms with Gasteiger partial charge in [0.1, 0.15) is 5.39 Å². The summed E-state index contributed by atoms with van der Waals surface area (Å²) in [5, 5.41) is 3.76. The van der Waals surface area contributed by atoms with Crippen molar-refractivity contribution in [3.8, 4) is 5.95 Å². The highest BCUT2D eigenvalue weighted by Crippen LogP contribution is 2.25. The second-order valence-corrected chi connectivity index (χ2v) is 10.6. The maximum absolute atomic E-state index is 13.3. The summed E-state index contributed by atoms with van der Waals surface area (Å²) in [6, 6.07) is 8.16. The van der Waals surface area contributed by atoms with E-state index in [9.17, 15) is 4.79 Å². The minimum atomic E-state index is -0.164. The summed E-state index contributed by atoms with van der Waals surface area (Å²) in [4.78, 5) is 34.1. The van der Waals surface area contributed by atoms with E-state index in [4.69, 9.17) is 9.97 Å². The molecule has 1 aliphatic heterocycles. The number of rotatable bonds is 4. The van der Waals surface area contributed by atoms with Gasteiger partial charge < -0.3 is 10.2 Å². The van der Waals surface area contributed by atoms with Crippen LogP contribution in [0.3, 0.4) is 0 Å². The Balaban J connectivity index is 1.61. The quantitative estimate of drug-likeness (QED) is 0.480. The van der Waals surface area contributed by atoms with Crippen LogP contribution in [0.15, 0.2) is 41.5 Å². The Labute approximate surface area is 204 Å². The minimum Gasteiger partial charge on any atom is -0.324 e. The lowest BCUT2D eigenvalue weighted by Gasteiger charge is -2.25. The minimum absolute atomic E-state index is 0.118. The van der Waals surface area contributed by atoms with E-state index in [2.05, 4.69) is 66.2 Å². The van der Waals surface area contributed by atoms with Crippen molar-refractivity contribution >= 4 is 22.7 Å². The van der Waals surface area contributed by atoms with Crippen LogP contribution < -0.4 is 10.9 Å². The van der Waals surface area contributed by atoms with Crippen LogP contribution in [-0.2, 0) is 18.4 Å². The monoisotopic (exact) mass is 472 g/mol. The average molecular weight is 473 g/mol. The van der Waals surface area contributed by atoms with Crippen molar-refractivity contribution in [1.82, 2.24) is 34.2 Å². The summed E-state index contributed by atoms with van der Waals surface area (Å²) in [5.74, 6) is 0.836. The van der Waals surface area contributed by atoms with Gasteiger partial charge in [-0.15, -0.1) is 0 Å². The zero-order valence-corrected chi connectivity index (χ0v) is 21.2. The Morgan fingerprint density at radius 2 is 1.86 bits per heavy atom. The van der Waals surface area contributed by atoms with E-state index in [1.54, 1.807) is 21.8 Å². The van der Waals surface area contributed by atoms with Crippen LogP contribution >= 0.6 is 0 Å². The summed E-state index contributed by atoms with van der Waals surface area (Å²) in [6.45, 7) is 12.2. The molecule has 1 aromatic carbocycles.